The third kappa shape index (κ3) is 3.48. The number of benzene rings is 1. The van der Waals surface area contributed by atoms with E-state index in [0.29, 0.717) is 0 Å². The zero-order valence-corrected chi connectivity index (χ0v) is 14.3. The Balaban J connectivity index is 1.74. The van der Waals surface area contributed by atoms with Gasteiger partial charge in [-0.15, -0.1) is 11.3 Å². The number of hydrogen-bond donors (Lipinski definition) is 0. The van der Waals surface area contributed by atoms with E-state index in [1.54, 1.807) is 24.5 Å². The highest BCUT2D eigenvalue weighted by Gasteiger charge is 2.28. The van der Waals surface area contributed by atoms with E-state index in [2.05, 4.69) is 30.5 Å². The molecule has 1 saturated heterocycles. The van der Waals surface area contributed by atoms with Crippen molar-refractivity contribution >= 4 is 23.3 Å². The van der Waals surface area contributed by atoms with Crippen LogP contribution in [0.25, 0.3) is 6.08 Å². The van der Waals surface area contributed by atoms with Crippen LogP contribution in [0, 0.1) is 6.92 Å². The number of amides is 1. The highest BCUT2D eigenvalue weighted by molar-refractivity contribution is 7.11. The van der Waals surface area contributed by atoms with Gasteiger partial charge < -0.3 is 9.64 Å². The first kappa shape index (κ1) is 15.8. The van der Waals surface area contributed by atoms with Crippen molar-refractivity contribution in [2.45, 2.75) is 25.8 Å². The fourth-order valence-corrected chi connectivity index (χ4v) is 3.82. The van der Waals surface area contributed by atoms with Crippen LogP contribution < -0.4 is 4.74 Å². The van der Waals surface area contributed by atoms with Crippen LogP contribution in [-0.4, -0.2) is 24.5 Å². The fraction of sp³-hybridized carbons (Fsp3) is 0.316. The SMILES string of the molecule is COc1ccc(C2CCCN2C(=O)/C=C/c2sccc2C)cc1. The maximum absolute atomic E-state index is 12.6. The Morgan fingerprint density at radius 3 is 2.74 bits per heavy atom. The van der Waals surface area contributed by atoms with Crippen LogP contribution in [0.3, 0.4) is 0 Å². The van der Waals surface area contributed by atoms with Crippen molar-refractivity contribution in [1.29, 1.82) is 0 Å². The summed E-state index contributed by atoms with van der Waals surface area (Å²) < 4.78 is 5.21. The van der Waals surface area contributed by atoms with Crippen LogP contribution in [0.4, 0.5) is 0 Å². The molecular formula is C19H21NO2S. The lowest BCUT2D eigenvalue weighted by atomic mass is 10.0. The number of aryl methyl sites for hydroxylation is 1. The maximum atomic E-state index is 12.6. The number of rotatable bonds is 4. The molecule has 1 fully saturated rings. The Hall–Kier alpha value is -2.07. The number of ether oxygens (including phenoxy) is 1. The summed E-state index contributed by atoms with van der Waals surface area (Å²) >= 11 is 1.66. The summed E-state index contributed by atoms with van der Waals surface area (Å²) in [5.74, 6) is 0.939. The van der Waals surface area contributed by atoms with Gasteiger partial charge in [0, 0.05) is 17.5 Å². The largest absolute Gasteiger partial charge is 0.497 e. The molecule has 1 atom stereocenters. The molecule has 1 aliphatic heterocycles. The van der Waals surface area contributed by atoms with Gasteiger partial charge in [0.2, 0.25) is 5.91 Å². The molecule has 0 saturated carbocycles. The molecule has 4 heteroatoms. The minimum Gasteiger partial charge on any atom is -0.497 e. The van der Waals surface area contributed by atoms with E-state index in [0.717, 1.165) is 30.0 Å². The number of likely N-dealkylation sites (tertiary alicyclic amines) is 1. The zero-order valence-electron chi connectivity index (χ0n) is 13.5. The van der Waals surface area contributed by atoms with Crippen LogP contribution in [0.2, 0.25) is 0 Å². The summed E-state index contributed by atoms with van der Waals surface area (Å²) in [6.07, 6.45) is 5.71. The third-order valence-electron chi connectivity index (χ3n) is 4.32. The monoisotopic (exact) mass is 327 g/mol. The third-order valence-corrected chi connectivity index (χ3v) is 5.30. The normalized spacial score (nSPS) is 17.8. The quantitative estimate of drug-likeness (QED) is 0.777. The minimum atomic E-state index is 0.0936. The smallest absolute Gasteiger partial charge is 0.247 e. The lowest BCUT2D eigenvalue weighted by Gasteiger charge is -2.24. The second kappa shape index (κ2) is 7.01. The highest BCUT2D eigenvalue weighted by Crippen LogP contribution is 2.33. The second-order valence-corrected chi connectivity index (χ2v) is 6.71. The van der Waals surface area contributed by atoms with Crippen LogP contribution in [0.5, 0.6) is 5.75 Å². The molecule has 120 valence electrons. The average Bonchev–Trinajstić information content (AvgIpc) is 3.22. The van der Waals surface area contributed by atoms with E-state index in [1.807, 2.05) is 23.1 Å². The number of carbonyl (C=O) groups is 1. The van der Waals surface area contributed by atoms with E-state index >= 15 is 0 Å². The summed E-state index contributed by atoms with van der Waals surface area (Å²) in [6.45, 7) is 2.89. The Morgan fingerprint density at radius 1 is 1.30 bits per heavy atom. The van der Waals surface area contributed by atoms with Gasteiger partial charge in [-0.1, -0.05) is 12.1 Å². The van der Waals surface area contributed by atoms with E-state index in [4.69, 9.17) is 4.74 Å². The topological polar surface area (TPSA) is 29.5 Å². The van der Waals surface area contributed by atoms with E-state index in [-0.39, 0.29) is 11.9 Å². The van der Waals surface area contributed by atoms with Crippen LogP contribution >= 0.6 is 11.3 Å². The molecule has 2 heterocycles. The zero-order chi connectivity index (χ0) is 16.2. The van der Waals surface area contributed by atoms with E-state index < -0.39 is 0 Å². The minimum absolute atomic E-state index is 0.0936. The van der Waals surface area contributed by atoms with Crippen LogP contribution in [0.15, 0.2) is 41.8 Å². The predicted octanol–water partition coefficient (Wildman–Crippen LogP) is 4.44. The van der Waals surface area contributed by atoms with Crippen molar-refractivity contribution in [2.75, 3.05) is 13.7 Å². The Morgan fingerprint density at radius 2 is 2.09 bits per heavy atom. The first-order chi connectivity index (χ1) is 11.2. The molecule has 2 aromatic rings. The van der Waals surface area contributed by atoms with Crippen molar-refractivity contribution in [3.05, 3.63) is 57.8 Å². The molecule has 1 aromatic carbocycles. The summed E-state index contributed by atoms with van der Waals surface area (Å²) in [4.78, 5) is 15.7. The summed E-state index contributed by atoms with van der Waals surface area (Å²) in [7, 11) is 1.66. The van der Waals surface area contributed by atoms with Gasteiger partial charge in [0.05, 0.1) is 13.2 Å². The molecule has 3 rings (SSSR count). The summed E-state index contributed by atoms with van der Waals surface area (Å²) in [6, 6.07) is 10.3. The van der Waals surface area contributed by atoms with Crippen molar-refractivity contribution < 1.29 is 9.53 Å². The van der Waals surface area contributed by atoms with Crippen molar-refractivity contribution in [2.24, 2.45) is 0 Å². The average molecular weight is 327 g/mol. The van der Waals surface area contributed by atoms with Gasteiger partial charge in [0.15, 0.2) is 0 Å². The van der Waals surface area contributed by atoms with Gasteiger partial charge in [-0.05, 0) is 60.5 Å². The van der Waals surface area contributed by atoms with Crippen LogP contribution in [-0.2, 0) is 4.79 Å². The predicted molar refractivity (Wildman–Crippen MR) is 94.8 cm³/mol. The van der Waals surface area contributed by atoms with Gasteiger partial charge in [-0.25, -0.2) is 0 Å². The number of nitrogens with zero attached hydrogens (tertiary/aromatic N) is 1. The summed E-state index contributed by atoms with van der Waals surface area (Å²) in [5.41, 5.74) is 2.39. The molecule has 1 amide bonds. The van der Waals surface area contributed by atoms with E-state index in [9.17, 15) is 4.79 Å². The van der Waals surface area contributed by atoms with Crippen molar-refractivity contribution in [3.63, 3.8) is 0 Å². The number of hydrogen-bond acceptors (Lipinski definition) is 3. The molecule has 0 bridgehead atoms. The molecule has 0 aliphatic carbocycles. The lowest BCUT2D eigenvalue weighted by molar-refractivity contribution is -0.126. The van der Waals surface area contributed by atoms with Gasteiger partial charge in [-0.2, -0.15) is 0 Å². The molecular weight excluding hydrogens is 306 g/mol. The first-order valence-corrected chi connectivity index (χ1v) is 8.73. The first-order valence-electron chi connectivity index (χ1n) is 7.86. The van der Waals surface area contributed by atoms with Crippen molar-refractivity contribution in [3.8, 4) is 5.75 Å². The van der Waals surface area contributed by atoms with Crippen LogP contribution in [0.1, 0.15) is 34.9 Å². The Kier molecular flexibility index (Phi) is 4.82. The Bertz CT molecular complexity index is 702. The van der Waals surface area contributed by atoms with Gasteiger partial charge in [0.1, 0.15) is 5.75 Å². The number of carbonyl (C=O) groups excluding carboxylic acids is 1. The molecule has 0 radical (unpaired) electrons. The van der Waals surface area contributed by atoms with Crippen molar-refractivity contribution in [1.82, 2.24) is 4.90 Å². The highest BCUT2D eigenvalue weighted by atomic mass is 32.1. The molecule has 1 aliphatic rings. The molecule has 3 nitrogen and oxygen atoms in total. The van der Waals surface area contributed by atoms with Gasteiger partial charge >= 0.3 is 0 Å². The summed E-state index contributed by atoms with van der Waals surface area (Å²) in [5, 5.41) is 2.05. The lowest BCUT2D eigenvalue weighted by Crippen LogP contribution is -2.28. The molecule has 23 heavy (non-hydrogen) atoms. The number of thiophene rings is 1. The van der Waals surface area contributed by atoms with E-state index in [1.165, 1.54) is 11.1 Å². The Labute approximate surface area is 141 Å². The van der Waals surface area contributed by atoms with Gasteiger partial charge in [0.25, 0.3) is 0 Å². The molecule has 0 N–H and O–H groups in total. The molecule has 0 spiro atoms. The maximum Gasteiger partial charge on any atom is 0.247 e. The second-order valence-electron chi connectivity index (χ2n) is 5.76. The number of methoxy groups -OCH3 is 1. The standard InChI is InChI=1S/C19H21NO2S/c1-14-11-13-23-18(14)9-10-19(21)20-12-3-4-17(20)15-5-7-16(22-2)8-6-15/h5-11,13,17H,3-4,12H2,1-2H3/b10-9+. The molecule has 1 unspecified atom stereocenters. The molecule has 1 aromatic heterocycles. The fourth-order valence-electron chi connectivity index (χ4n) is 3.00. The van der Waals surface area contributed by atoms with Gasteiger partial charge in [-0.3, -0.25) is 4.79 Å².